The van der Waals surface area contributed by atoms with Crippen LogP contribution in [0.15, 0.2) is 27.3 Å². The lowest BCUT2D eigenvalue weighted by molar-refractivity contribution is 0.392. The Labute approximate surface area is 103 Å². The summed E-state index contributed by atoms with van der Waals surface area (Å²) in [7, 11) is 0. The van der Waals surface area contributed by atoms with E-state index in [2.05, 4.69) is 20.3 Å². The van der Waals surface area contributed by atoms with Gasteiger partial charge < -0.3 is 8.94 Å². The maximum atomic E-state index is 5.24. The Kier molecular flexibility index (Phi) is 2.47. The summed E-state index contributed by atoms with van der Waals surface area (Å²) in [6.07, 6.45) is 2.22. The van der Waals surface area contributed by atoms with Crippen molar-refractivity contribution in [1.29, 1.82) is 0 Å². The van der Waals surface area contributed by atoms with E-state index in [1.54, 1.807) is 12.3 Å². The summed E-state index contributed by atoms with van der Waals surface area (Å²) in [5, 5.41) is 10.9. The second-order valence-electron chi connectivity index (χ2n) is 4.06. The average molecular weight is 244 g/mol. The van der Waals surface area contributed by atoms with Crippen LogP contribution < -0.4 is 0 Å². The maximum Gasteiger partial charge on any atom is 0.216 e. The molecule has 0 saturated carbocycles. The van der Waals surface area contributed by atoms with E-state index in [4.69, 9.17) is 8.94 Å². The zero-order chi connectivity index (χ0) is 12.5. The maximum absolute atomic E-state index is 5.24. The number of nitrogens with zero attached hydrogens (tertiary/aromatic N) is 3. The van der Waals surface area contributed by atoms with Gasteiger partial charge in [-0.25, -0.2) is 4.98 Å². The van der Waals surface area contributed by atoms with E-state index in [9.17, 15) is 0 Å². The highest BCUT2D eigenvalue weighted by molar-refractivity contribution is 5.45. The summed E-state index contributed by atoms with van der Waals surface area (Å²) in [4.78, 5) is 4.38. The van der Waals surface area contributed by atoms with Crippen LogP contribution in [0.1, 0.15) is 22.8 Å². The third-order valence-electron chi connectivity index (χ3n) is 2.80. The highest BCUT2D eigenvalue weighted by Crippen LogP contribution is 2.18. The fraction of sp³-hybridized carbons (Fsp3) is 0.250. The summed E-state index contributed by atoms with van der Waals surface area (Å²) in [5.41, 5.74) is 1.92. The smallest absolute Gasteiger partial charge is 0.216 e. The van der Waals surface area contributed by atoms with E-state index in [-0.39, 0.29) is 0 Å². The lowest BCUT2D eigenvalue weighted by atomic mass is 10.1. The first kappa shape index (κ1) is 10.8. The van der Waals surface area contributed by atoms with E-state index < -0.39 is 0 Å². The average Bonchev–Trinajstić information content (AvgIpc) is 3.06. The summed E-state index contributed by atoms with van der Waals surface area (Å²) in [6.45, 7) is 3.80. The van der Waals surface area contributed by atoms with Crippen molar-refractivity contribution in [3.05, 3.63) is 41.2 Å². The first-order chi connectivity index (χ1) is 8.74. The predicted octanol–water partition coefficient (Wildman–Crippen LogP) is 2.26. The molecule has 0 unspecified atom stereocenters. The van der Waals surface area contributed by atoms with E-state index in [1.165, 1.54) is 0 Å². The van der Waals surface area contributed by atoms with Gasteiger partial charge in [0, 0.05) is 12.0 Å². The van der Waals surface area contributed by atoms with Crippen LogP contribution in [-0.2, 0) is 6.42 Å². The van der Waals surface area contributed by atoms with Gasteiger partial charge in [0.05, 0.1) is 12.0 Å². The third-order valence-corrected chi connectivity index (χ3v) is 2.80. The number of aromatic nitrogens is 4. The van der Waals surface area contributed by atoms with Crippen LogP contribution in [0.5, 0.6) is 0 Å². The van der Waals surface area contributed by atoms with Gasteiger partial charge in [-0.05, 0) is 26.0 Å². The molecular formula is C12H12N4O2. The van der Waals surface area contributed by atoms with Gasteiger partial charge in [0.2, 0.25) is 5.82 Å². The molecule has 0 aromatic carbocycles. The molecule has 0 aliphatic heterocycles. The molecule has 18 heavy (non-hydrogen) atoms. The number of hydrogen-bond donors (Lipinski definition) is 1. The van der Waals surface area contributed by atoms with E-state index in [0.29, 0.717) is 18.0 Å². The normalized spacial score (nSPS) is 11.0. The topological polar surface area (TPSA) is 80.7 Å². The molecule has 6 nitrogen and oxygen atoms in total. The van der Waals surface area contributed by atoms with Gasteiger partial charge in [0.15, 0.2) is 5.76 Å². The molecule has 3 rings (SSSR count). The van der Waals surface area contributed by atoms with Gasteiger partial charge in [0.1, 0.15) is 11.6 Å². The minimum atomic E-state index is 0.557. The molecule has 3 aromatic heterocycles. The number of rotatable bonds is 3. The summed E-state index contributed by atoms with van der Waals surface area (Å²) in [6, 6.07) is 3.63. The van der Waals surface area contributed by atoms with E-state index in [0.717, 1.165) is 22.8 Å². The molecule has 92 valence electrons. The predicted molar refractivity (Wildman–Crippen MR) is 62.9 cm³/mol. The number of aromatic amines is 1. The van der Waals surface area contributed by atoms with Crippen LogP contribution in [0.4, 0.5) is 0 Å². The fourth-order valence-corrected chi connectivity index (χ4v) is 1.81. The molecule has 3 heterocycles. The number of hydrogen-bond acceptors (Lipinski definition) is 5. The minimum Gasteiger partial charge on any atom is -0.461 e. The molecule has 0 atom stereocenters. The SMILES string of the molecule is Cc1noc(C)c1Cc1nc(-c2ccco2)n[nH]1. The third kappa shape index (κ3) is 1.81. The van der Waals surface area contributed by atoms with Crippen molar-refractivity contribution in [2.75, 3.05) is 0 Å². The Balaban J connectivity index is 1.87. The van der Waals surface area contributed by atoms with Crippen molar-refractivity contribution < 1.29 is 8.94 Å². The lowest BCUT2D eigenvalue weighted by Crippen LogP contribution is -1.93. The minimum absolute atomic E-state index is 0.557. The standard InChI is InChI=1S/C12H12N4O2/c1-7-9(8(2)18-16-7)6-11-13-12(15-14-11)10-4-3-5-17-10/h3-5H,6H2,1-2H3,(H,13,14,15). The Hall–Kier alpha value is -2.37. The second-order valence-corrected chi connectivity index (χ2v) is 4.06. The molecule has 1 N–H and O–H groups in total. The van der Waals surface area contributed by atoms with Crippen LogP contribution in [0.25, 0.3) is 11.6 Å². The summed E-state index contributed by atoms with van der Waals surface area (Å²) in [5.74, 6) is 2.78. The van der Waals surface area contributed by atoms with Crippen molar-refractivity contribution >= 4 is 0 Å². The number of aryl methyl sites for hydroxylation is 2. The van der Waals surface area contributed by atoms with Crippen LogP contribution in [0.2, 0.25) is 0 Å². The van der Waals surface area contributed by atoms with Crippen molar-refractivity contribution in [2.45, 2.75) is 20.3 Å². The van der Waals surface area contributed by atoms with Crippen molar-refractivity contribution in [3.8, 4) is 11.6 Å². The van der Waals surface area contributed by atoms with Crippen LogP contribution in [0.3, 0.4) is 0 Å². The van der Waals surface area contributed by atoms with Gasteiger partial charge >= 0.3 is 0 Å². The van der Waals surface area contributed by atoms with Crippen LogP contribution >= 0.6 is 0 Å². The number of H-pyrrole nitrogens is 1. The van der Waals surface area contributed by atoms with Crippen molar-refractivity contribution in [3.63, 3.8) is 0 Å². The molecule has 0 bridgehead atoms. The lowest BCUT2D eigenvalue weighted by Gasteiger charge is -1.94. The largest absolute Gasteiger partial charge is 0.461 e. The Bertz CT molecular complexity index is 632. The van der Waals surface area contributed by atoms with Gasteiger partial charge in [-0.3, -0.25) is 5.10 Å². The highest BCUT2D eigenvalue weighted by Gasteiger charge is 2.13. The number of furan rings is 1. The van der Waals surface area contributed by atoms with Crippen LogP contribution in [-0.4, -0.2) is 20.3 Å². The van der Waals surface area contributed by atoms with Gasteiger partial charge in [0.25, 0.3) is 0 Å². The first-order valence-electron chi connectivity index (χ1n) is 5.61. The van der Waals surface area contributed by atoms with Gasteiger partial charge in [-0.2, -0.15) is 5.10 Å². The van der Waals surface area contributed by atoms with E-state index >= 15 is 0 Å². The molecule has 0 saturated heterocycles. The Morgan fingerprint density at radius 3 is 2.89 bits per heavy atom. The summed E-state index contributed by atoms with van der Waals surface area (Å²) < 4.78 is 10.4. The Morgan fingerprint density at radius 2 is 2.22 bits per heavy atom. The molecule has 0 fully saturated rings. The van der Waals surface area contributed by atoms with Gasteiger partial charge in [-0.15, -0.1) is 0 Å². The molecule has 6 heteroatoms. The molecular weight excluding hydrogens is 232 g/mol. The second kappa shape index (κ2) is 4.14. The highest BCUT2D eigenvalue weighted by atomic mass is 16.5. The zero-order valence-corrected chi connectivity index (χ0v) is 10.1. The molecule has 0 radical (unpaired) electrons. The first-order valence-corrected chi connectivity index (χ1v) is 5.61. The van der Waals surface area contributed by atoms with Gasteiger partial charge in [-0.1, -0.05) is 5.16 Å². The zero-order valence-electron chi connectivity index (χ0n) is 10.1. The Morgan fingerprint density at radius 1 is 1.33 bits per heavy atom. The molecule has 0 aliphatic rings. The van der Waals surface area contributed by atoms with E-state index in [1.807, 2.05) is 19.9 Å². The molecule has 0 spiro atoms. The molecule has 0 amide bonds. The molecule has 3 aromatic rings. The van der Waals surface area contributed by atoms with Crippen molar-refractivity contribution in [2.24, 2.45) is 0 Å². The number of nitrogens with one attached hydrogen (secondary N) is 1. The van der Waals surface area contributed by atoms with Crippen LogP contribution in [0, 0.1) is 13.8 Å². The van der Waals surface area contributed by atoms with Crippen molar-refractivity contribution in [1.82, 2.24) is 20.3 Å². The quantitative estimate of drug-likeness (QED) is 0.764. The molecule has 0 aliphatic carbocycles. The summed E-state index contributed by atoms with van der Waals surface area (Å²) >= 11 is 0. The monoisotopic (exact) mass is 244 g/mol. The fourth-order valence-electron chi connectivity index (χ4n) is 1.81.